The Morgan fingerprint density at radius 2 is 2.22 bits per heavy atom. The number of nitrogens with one attached hydrogen (secondary N) is 1. The number of aromatic nitrogens is 3. The molecule has 3 aromatic rings. The van der Waals surface area contributed by atoms with Crippen LogP contribution in [0.2, 0.25) is 0 Å². The van der Waals surface area contributed by atoms with E-state index in [9.17, 15) is 4.79 Å². The second-order valence-electron chi connectivity index (χ2n) is 4.85. The summed E-state index contributed by atoms with van der Waals surface area (Å²) in [5, 5.41) is 2.77. The average Bonchev–Trinajstić information content (AvgIpc) is 2.99. The largest absolute Gasteiger partial charge is 0.495 e. The maximum atomic E-state index is 11.7. The average molecular weight is 312 g/mol. The first-order chi connectivity index (χ1) is 11.2. The molecule has 1 amide bonds. The first-order valence-corrected chi connectivity index (χ1v) is 6.98. The van der Waals surface area contributed by atoms with E-state index >= 15 is 0 Å². The van der Waals surface area contributed by atoms with Crippen molar-refractivity contribution in [2.24, 2.45) is 0 Å². The molecule has 118 valence electrons. The van der Waals surface area contributed by atoms with Gasteiger partial charge in [0.25, 0.3) is 0 Å². The molecular formula is C16H16N4O3. The van der Waals surface area contributed by atoms with Crippen molar-refractivity contribution in [2.75, 3.05) is 26.1 Å². The number of imidazole rings is 1. The van der Waals surface area contributed by atoms with Crippen molar-refractivity contribution < 1.29 is 14.3 Å². The van der Waals surface area contributed by atoms with Gasteiger partial charge in [-0.15, -0.1) is 0 Å². The highest BCUT2D eigenvalue weighted by Gasteiger charge is 2.11. The summed E-state index contributed by atoms with van der Waals surface area (Å²) in [5.41, 5.74) is 2.18. The first kappa shape index (κ1) is 15.0. The van der Waals surface area contributed by atoms with Crippen LogP contribution in [0, 0.1) is 0 Å². The Bertz CT molecular complexity index is 811. The number of hydrogen-bond donors (Lipinski definition) is 1. The normalized spacial score (nSPS) is 10.7. The number of fused-ring (bicyclic) bond motifs is 1. The van der Waals surface area contributed by atoms with E-state index in [0.717, 1.165) is 11.3 Å². The van der Waals surface area contributed by atoms with Crippen molar-refractivity contribution in [3.05, 3.63) is 42.9 Å². The molecule has 0 unspecified atom stereocenters. The highest BCUT2D eigenvalue weighted by Crippen LogP contribution is 2.30. The Morgan fingerprint density at radius 3 is 2.96 bits per heavy atom. The fourth-order valence-corrected chi connectivity index (χ4v) is 2.25. The van der Waals surface area contributed by atoms with Gasteiger partial charge < -0.3 is 14.8 Å². The van der Waals surface area contributed by atoms with Crippen molar-refractivity contribution in [2.45, 2.75) is 0 Å². The number of hydrogen-bond acceptors (Lipinski definition) is 5. The molecule has 2 aromatic heterocycles. The SMILES string of the molecule is COCC(=O)Nc1cc(-c2cn3cccnc3n2)ccc1OC. The van der Waals surface area contributed by atoms with Crippen LogP contribution in [0.3, 0.4) is 0 Å². The van der Waals surface area contributed by atoms with Gasteiger partial charge in [0.2, 0.25) is 11.7 Å². The summed E-state index contributed by atoms with van der Waals surface area (Å²) in [4.78, 5) is 20.4. The van der Waals surface area contributed by atoms with Crippen LogP contribution in [-0.2, 0) is 9.53 Å². The van der Waals surface area contributed by atoms with E-state index in [2.05, 4.69) is 15.3 Å². The van der Waals surface area contributed by atoms with E-state index in [0.29, 0.717) is 17.2 Å². The summed E-state index contributed by atoms with van der Waals surface area (Å²) >= 11 is 0. The zero-order valence-electron chi connectivity index (χ0n) is 12.8. The maximum Gasteiger partial charge on any atom is 0.250 e. The molecule has 2 heterocycles. The lowest BCUT2D eigenvalue weighted by molar-refractivity contribution is -0.119. The Morgan fingerprint density at radius 1 is 1.35 bits per heavy atom. The van der Waals surface area contributed by atoms with Crippen LogP contribution >= 0.6 is 0 Å². The van der Waals surface area contributed by atoms with E-state index in [4.69, 9.17) is 9.47 Å². The monoisotopic (exact) mass is 312 g/mol. The van der Waals surface area contributed by atoms with Crippen LogP contribution in [0.25, 0.3) is 17.0 Å². The highest BCUT2D eigenvalue weighted by molar-refractivity contribution is 5.94. The van der Waals surface area contributed by atoms with Gasteiger partial charge in [0, 0.05) is 31.3 Å². The van der Waals surface area contributed by atoms with Gasteiger partial charge in [0.15, 0.2) is 0 Å². The van der Waals surface area contributed by atoms with E-state index in [1.165, 1.54) is 7.11 Å². The standard InChI is InChI=1S/C16H16N4O3/c1-22-10-15(21)18-12-8-11(4-5-14(12)23-2)13-9-20-7-3-6-17-16(20)19-13/h3-9H,10H2,1-2H3,(H,18,21). The predicted molar refractivity (Wildman–Crippen MR) is 85.5 cm³/mol. The van der Waals surface area contributed by atoms with Gasteiger partial charge in [-0.05, 0) is 24.3 Å². The number of amides is 1. The minimum Gasteiger partial charge on any atom is -0.495 e. The fourth-order valence-electron chi connectivity index (χ4n) is 2.25. The van der Waals surface area contributed by atoms with Crippen molar-refractivity contribution in [3.8, 4) is 17.0 Å². The Hall–Kier alpha value is -2.93. The minimum atomic E-state index is -0.250. The first-order valence-electron chi connectivity index (χ1n) is 6.98. The summed E-state index contributed by atoms with van der Waals surface area (Å²) in [7, 11) is 3.02. The summed E-state index contributed by atoms with van der Waals surface area (Å²) in [6, 6.07) is 7.32. The summed E-state index contributed by atoms with van der Waals surface area (Å²) in [5.74, 6) is 0.933. The molecule has 0 bridgehead atoms. The van der Waals surface area contributed by atoms with Crippen molar-refractivity contribution in [3.63, 3.8) is 0 Å². The maximum absolute atomic E-state index is 11.7. The lowest BCUT2D eigenvalue weighted by atomic mass is 10.1. The highest BCUT2D eigenvalue weighted by atomic mass is 16.5. The molecule has 0 radical (unpaired) electrons. The number of methoxy groups -OCH3 is 2. The van der Waals surface area contributed by atoms with Gasteiger partial charge in [0.05, 0.1) is 18.5 Å². The molecule has 0 fully saturated rings. The molecule has 1 aromatic carbocycles. The molecule has 1 N–H and O–H groups in total. The second kappa shape index (κ2) is 6.45. The van der Waals surface area contributed by atoms with Crippen LogP contribution in [0.4, 0.5) is 5.69 Å². The van der Waals surface area contributed by atoms with Crippen molar-refractivity contribution >= 4 is 17.4 Å². The molecule has 0 aliphatic heterocycles. The minimum absolute atomic E-state index is 0.0222. The number of benzene rings is 1. The van der Waals surface area contributed by atoms with Crippen LogP contribution in [-0.4, -0.2) is 41.1 Å². The molecule has 7 nitrogen and oxygen atoms in total. The third kappa shape index (κ3) is 3.14. The molecule has 0 saturated carbocycles. The number of anilines is 1. The van der Waals surface area contributed by atoms with Crippen molar-refractivity contribution in [1.29, 1.82) is 0 Å². The molecule has 7 heteroatoms. The number of rotatable bonds is 5. The van der Waals surface area contributed by atoms with Crippen molar-refractivity contribution in [1.82, 2.24) is 14.4 Å². The number of carbonyl (C=O) groups excluding carboxylic acids is 1. The molecule has 0 saturated heterocycles. The van der Waals surface area contributed by atoms with Gasteiger partial charge in [-0.2, -0.15) is 0 Å². The zero-order valence-corrected chi connectivity index (χ0v) is 12.8. The number of nitrogens with zero attached hydrogens (tertiary/aromatic N) is 3. The molecular weight excluding hydrogens is 296 g/mol. The van der Waals surface area contributed by atoms with Gasteiger partial charge in [-0.1, -0.05) is 0 Å². The summed E-state index contributed by atoms with van der Waals surface area (Å²) in [6.07, 6.45) is 5.45. The molecule has 0 atom stereocenters. The number of ether oxygens (including phenoxy) is 2. The Labute approximate surface area is 132 Å². The van der Waals surface area contributed by atoms with Crippen LogP contribution < -0.4 is 10.1 Å². The lowest BCUT2D eigenvalue weighted by Gasteiger charge is -2.11. The summed E-state index contributed by atoms with van der Waals surface area (Å²) in [6.45, 7) is -0.0222. The molecule has 0 aliphatic rings. The lowest BCUT2D eigenvalue weighted by Crippen LogP contribution is -2.17. The molecule has 0 aliphatic carbocycles. The van der Waals surface area contributed by atoms with Gasteiger partial charge in [-0.3, -0.25) is 9.20 Å². The van der Waals surface area contributed by atoms with E-state index in [1.807, 2.05) is 35.0 Å². The topological polar surface area (TPSA) is 77.8 Å². The third-order valence-electron chi connectivity index (χ3n) is 3.28. The Balaban J connectivity index is 1.97. The van der Waals surface area contributed by atoms with Crippen LogP contribution in [0.15, 0.2) is 42.9 Å². The smallest absolute Gasteiger partial charge is 0.250 e. The van der Waals surface area contributed by atoms with Gasteiger partial charge in [0.1, 0.15) is 12.4 Å². The Kier molecular flexibility index (Phi) is 4.20. The third-order valence-corrected chi connectivity index (χ3v) is 3.28. The van der Waals surface area contributed by atoms with Crippen LogP contribution in [0.1, 0.15) is 0 Å². The van der Waals surface area contributed by atoms with Gasteiger partial charge in [-0.25, -0.2) is 9.97 Å². The van der Waals surface area contributed by atoms with Crippen LogP contribution in [0.5, 0.6) is 5.75 Å². The molecule has 23 heavy (non-hydrogen) atoms. The molecule has 3 rings (SSSR count). The predicted octanol–water partition coefficient (Wildman–Crippen LogP) is 1.99. The fraction of sp³-hybridized carbons (Fsp3) is 0.188. The number of carbonyl (C=O) groups is 1. The second-order valence-corrected chi connectivity index (χ2v) is 4.85. The summed E-state index contributed by atoms with van der Waals surface area (Å²) < 4.78 is 11.9. The zero-order chi connectivity index (χ0) is 16.2. The molecule has 0 spiro atoms. The van der Waals surface area contributed by atoms with E-state index in [-0.39, 0.29) is 12.5 Å². The van der Waals surface area contributed by atoms with E-state index in [1.54, 1.807) is 19.4 Å². The van der Waals surface area contributed by atoms with Gasteiger partial charge >= 0.3 is 0 Å². The van der Waals surface area contributed by atoms with E-state index < -0.39 is 0 Å². The quantitative estimate of drug-likeness (QED) is 0.779.